The van der Waals surface area contributed by atoms with Crippen molar-refractivity contribution in [2.24, 2.45) is 0 Å². The number of hydrogen-bond donors (Lipinski definition) is 1. The molecule has 86 valence electrons. The quantitative estimate of drug-likeness (QED) is 0.765. The lowest BCUT2D eigenvalue weighted by molar-refractivity contribution is 1.11. The van der Waals surface area contributed by atoms with Crippen molar-refractivity contribution in [3.05, 3.63) is 24.3 Å². The van der Waals surface area contributed by atoms with Gasteiger partial charge in [-0.3, -0.25) is 0 Å². The maximum Gasteiger partial charge on any atom is 0.0886 e. The second kappa shape index (κ2) is 5.75. The molecule has 2 aromatic rings. The van der Waals surface area contributed by atoms with Crippen LogP contribution in [0.4, 0.5) is 5.00 Å². The highest BCUT2D eigenvalue weighted by molar-refractivity contribution is 8.01. The van der Waals surface area contributed by atoms with Crippen molar-refractivity contribution < 1.29 is 0 Å². The molecule has 0 aliphatic carbocycles. The first kappa shape index (κ1) is 12.0. The van der Waals surface area contributed by atoms with Crippen LogP contribution in [0.25, 0.3) is 9.75 Å². The summed E-state index contributed by atoms with van der Waals surface area (Å²) in [6.45, 7) is 2.22. The molecule has 1 N–H and O–H groups in total. The zero-order valence-corrected chi connectivity index (χ0v) is 11.9. The van der Waals surface area contributed by atoms with Gasteiger partial charge in [-0.25, -0.2) is 0 Å². The van der Waals surface area contributed by atoms with Gasteiger partial charge in [0.2, 0.25) is 0 Å². The zero-order valence-electron chi connectivity index (χ0n) is 9.45. The van der Waals surface area contributed by atoms with Crippen LogP contribution in [0.5, 0.6) is 0 Å². The van der Waals surface area contributed by atoms with Crippen molar-refractivity contribution >= 4 is 39.4 Å². The molecule has 2 aromatic heterocycles. The second-order valence-corrected chi connectivity index (χ2v) is 6.94. The van der Waals surface area contributed by atoms with Crippen LogP contribution in [0.2, 0.25) is 0 Å². The Morgan fingerprint density at radius 2 is 1.88 bits per heavy atom. The molecule has 2 rings (SSSR count). The number of thioether (sulfide) groups is 1. The van der Waals surface area contributed by atoms with E-state index in [0.717, 1.165) is 0 Å². The van der Waals surface area contributed by atoms with Crippen LogP contribution in [0.3, 0.4) is 0 Å². The summed E-state index contributed by atoms with van der Waals surface area (Å²) < 4.78 is 1.43. The minimum Gasteiger partial charge on any atom is -0.380 e. The van der Waals surface area contributed by atoms with Gasteiger partial charge in [0, 0.05) is 16.8 Å². The summed E-state index contributed by atoms with van der Waals surface area (Å²) in [5, 5.41) is 4.40. The largest absolute Gasteiger partial charge is 0.380 e. The molecule has 0 aliphatic heterocycles. The zero-order chi connectivity index (χ0) is 11.4. The number of anilines is 1. The maximum absolute atomic E-state index is 3.18. The molecule has 0 fully saturated rings. The molecule has 0 aromatic carbocycles. The molecule has 0 atom stereocenters. The lowest BCUT2D eigenvalue weighted by atomic mass is 10.4. The van der Waals surface area contributed by atoms with Crippen molar-refractivity contribution in [1.29, 1.82) is 0 Å². The average molecular weight is 269 g/mol. The van der Waals surface area contributed by atoms with Crippen LogP contribution in [0, 0.1) is 0 Å². The van der Waals surface area contributed by atoms with Gasteiger partial charge in [0.15, 0.2) is 0 Å². The van der Waals surface area contributed by atoms with Crippen LogP contribution < -0.4 is 5.32 Å². The molecular formula is C12H15NS3. The lowest BCUT2D eigenvalue weighted by Crippen LogP contribution is -1.79. The monoisotopic (exact) mass is 269 g/mol. The Labute approximate surface area is 109 Å². The molecule has 0 amide bonds. The third kappa shape index (κ3) is 2.81. The average Bonchev–Trinajstić information content (AvgIpc) is 2.94. The molecule has 0 bridgehead atoms. The maximum atomic E-state index is 3.18. The van der Waals surface area contributed by atoms with E-state index in [2.05, 4.69) is 36.5 Å². The highest BCUT2D eigenvalue weighted by Gasteiger charge is 2.05. The van der Waals surface area contributed by atoms with Gasteiger partial charge >= 0.3 is 0 Å². The minimum atomic E-state index is 1.21. The summed E-state index contributed by atoms with van der Waals surface area (Å²) in [6, 6.07) is 8.79. The van der Waals surface area contributed by atoms with E-state index in [1.807, 2.05) is 41.5 Å². The van der Waals surface area contributed by atoms with Gasteiger partial charge < -0.3 is 5.32 Å². The number of thiophene rings is 2. The first-order valence-corrected chi connectivity index (χ1v) is 7.96. The van der Waals surface area contributed by atoms with E-state index < -0.39 is 0 Å². The minimum absolute atomic E-state index is 1.21. The molecule has 2 heterocycles. The Hall–Kier alpha value is -0.450. The molecule has 0 radical (unpaired) electrons. The van der Waals surface area contributed by atoms with Crippen molar-refractivity contribution in [2.75, 3.05) is 18.1 Å². The van der Waals surface area contributed by atoms with Crippen LogP contribution in [-0.4, -0.2) is 12.8 Å². The van der Waals surface area contributed by atoms with E-state index in [4.69, 9.17) is 0 Å². The number of hydrogen-bond acceptors (Lipinski definition) is 4. The summed E-state index contributed by atoms with van der Waals surface area (Å²) >= 11 is 5.66. The molecule has 0 unspecified atom stereocenters. The molecular weight excluding hydrogens is 254 g/mol. The molecule has 0 saturated heterocycles. The molecule has 0 spiro atoms. The van der Waals surface area contributed by atoms with Crippen molar-refractivity contribution in [3.63, 3.8) is 0 Å². The van der Waals surface area contributed by atoms with E-state index in [1.54, 1.807) is 0 Å². The molecule has 0 aliphatic rings. The summed E-state index contributed by atoms with van der Waals surface area (Å²) in [6.07, 6.45) is 1.24. The first-order chi connectivity index (χ1) is 7.83. The fourth-order valence-corrected chi connectivity index (χ4v) is 4.35. The van der Waals surface area contributed by atoms with Gasteiger partial charge in [-0.2, -0.15) is 0 Å². The first-order valence-electron chi connectivity index (χ1n) is 5.34. The topological polar surface area (TPSA) is 12.0 Å². The Morgan fingerprint density at radius 3 is 2.56 bits per heavy atom. The Bertz CT molecular complexity index is 445. The molecule has 1 nitrogen and oxygen atoms in total. The van der Waals surface area contributed by atoms with E-state index in [9.17, 15) is 0 Å². The molecule has 4 heteroatoms. The van der Waals surface area contributed by atoms with E-state index >= 15 is 0 Å². The lowest BCUT2D eigenvalue weighted by Gasteiger charge is -1.93. The van der Waals surface area contributed by atoms with Gasteiger partial charge in [0.05, 0.1) is 9.21 Å². The molecule has 16 heavy (non-hydrogen) atoms. The highest BCUT2D eigenvalue weighted by Crippen LogP contribution is 2.38. The fraction of sp³-hybridized carbons (Fsp3) is 0.333. The molecule has 0 saturated carbocycles. The predicted octanol–water partition coefficient (Wildman–Crippen LogP) is 5.02. The number of rotatable bonds is 5. The Morgan fingerprint density at radius 1 is 1.12 bits per heavy atom. The van der Waals surface area contributed by atoms with Gasteiger partial charge in [0.25, 0.3) is 0 Å². The third-order valence-corrected chi connectivity index (χ3v) is 5.94. The third-order valence-electron chi connectivity index (χ3n) is 2.13. The fourth-order valence-electron chi connectivity index (χ4n) is 1.34. The van der Waals surface area contributed by atoms with E-state index in [1.165, 1.54) is 31.1 Å². The van der Waals surface area contributed by atoms with Crippen molar-refractivity contribution in [3.8, 4) is 9.75 Å². The summed E-state index contributed by atoms with van der Waals surface area (Å²) in [5.74, 6) is 1.21. The SMILES string of the molecule is CCCSc1ccc(-c2ccc(NC)s2)s1. The normalized spacial score (nSPS) is 10.6. The van der Waals surface area contributed by atoms with Gasteiger partial charge in [-0.1, -0.05) is 6.92 Å². The second-order valence-electron chi connectivity index (χ2n) is 3.38. The van der Waals surface area contributed by atoms with Crippen LogP contribution in [-0.2, 0) is 0 Å². The van der Waals surface area contributed by atoms with E-state index in [0.29, 0.717) is 0 Å². The smallest absolute Gasteiger partial charge is 0.0886 e. The van der Waals surface area contributed by atoms with Crippen molar-refractivity contribution in [2.45, 2.75) is 17.6 Å². The summed E-state index contributed by atoms with van der Waals surface area (Å²) in [7, 11) is 1.96. The Balaban J connectivity index is 2.11. The van der Waals surface area contributed by atoms with Crippen LogP contribution in [0.15, 0.2) is 28.5 Å². The van der Waals surface area contributed by atoms with Crippen molar-refractivity contribution in [1.82, 2.24) is 0 Å². The van der Waals surface area contributed by atoms with Crippen LogP contribution >= 0.6 is 34.4 Å². The predicted molar refractivity (Wildman–Crippen MR) is 78.2 cm³/mol. The highest BCUT2D eigenvalue weighted by atomic mass is 32.2. The van der Waals surface area contributed by atoms with Gasteiger partial charge in [-0.05, 0) is 36.4 Å². The van der Waals surface area contributed by atoms with E-state index in [-0.39, 0.29) is 0 Å². The van der Waals surface area contributed by atoms with Gasteiger partial charge in [-0.15, -0.1) is 34.4 Å². The Kier molecular flexibility index (Phi) is 4.32. The summed E-state index contributed by atoms with van der Waals surface area (Å²) in [5.41, 5.74) is 0. The van der Waals surface area contributed by atoms with Gasteiger partial charge in [0.1, 0.15) is 0 Å². The number of nitrogens with one attached hydrogen (secondary N) is 1. The summed E-state index contributed by atoms with van der Waals surface area (Å²) in [4.78, 5) is 2.74. The van der Waals surface area contributed by atoms with Crippen LogP contribution in [0.1, 0.15) is 13.3 Å². The standard InChI is InChI=1S/C12H15NS3/c1-3-8-14-12-7-5-10(16-12)9-4-6-11(13-2)15-9/h4-7,13H,3,8H2,1-2H3.